The molecule has 0 aromatic carbocycles. The van der Waals surface area contributed by atoms with Crippen LogP contribution < -0.4 is 5.32 Å². The van der Waals surface area contributed by atoms with E-state index < -0.39 is 0 Å². The van der Waals surface area contributed by atoms with Crippen LogP contribution in [0.1, 0.15) is 25.3 Å². The van der Waals surface area contributed by atoms with Crippen molar-refractivity contribution < 1.29 is 4.79 Å². The molecule has 1 aromatic rings. The van der Waals surface area contributed by atoms with Crippen molar-refractivity contribution in [3.05, 3.63) is 30.1 Å². The summed E-state index contributed by atoms with van der Waals surface area (Å²) in [7, 11) is 0. The SMILES string of the molecule is C[C@@H]1CNCCN1C(=O)[C@H](C)c1cccnc1. The van der Waals surface area contributed by atoms with Crippen molar-refractivity contribution in [3.63, 3.8) is 0 Å². The van der Waals surface area contributed by atoms with Crippen molar-refractivity contribution in [2.45, 2.75) is 25.8 Å². The first-order valence-corrected chi connectivity index (χ1v) is 6.11. The highest BCUT2D eigenvalue weighted by Gasteiger charge is 2.27. The van der Waals surface area contributed by atoms with E-state index in [9.17, 15) is 4.79 Å². The lowest BCUT2D eigenvalue weighted by Gasteiger charge is -2.35. The Morgan fingerprint density at radius 1 is 1.65 bits per heavy atom. The number of pyridine rings is 1. The van der Waals surface area contributed by atoms with Crippen LogP contribution in [-0.2, 0) is 4.79 Å². The van der Waals surface area contributed by atoms with Crippen molar-refractivity contribution in [2.75, 3.05) is 19.6 Å². The zero-order valence-corrected chi connectivity index (χ0v) is 10.4. The van der Waals surface area contributed by atoms with Gasteiger partial charge in [0.25, 0.3) is 0 Å². The maximum Gasteiger partial charge on any atom is 0.230 e. The molecule has 1 amide bonds. The van der Waals surface area contributed by atoms with Crippen LogP contribution in [0.2, 0.25) is 0 Å². The highest BCUT2D eigenvalue weighted by Crippen LogP contribution is 2.18. The quantitative estimate of drug-likeness (QED) is 0.829. The first kappa shape index (κ1) is 12.0. The van der Waals surface area contributed by atoms with Gasteiger partial charge in [0.1, 0.15) is 0 Å². The Balaban J connectivity index is 2.09. The molecular formula is C13H19N3O. The van der Waals surface area contributed by atoms with Gasteiger partial charge < -0.3 is 10.2 Å². The lowest BCUT2D eigenvalue weighted by Crippen LogP contribution is -2.53. The summed E-state index contributed by atoms with van der Waals surface area (Å²) >= 11 is 0. The molecule has 1 saturated heterocycles. The summed E-state index contributed by atoms with van der Waals surface area (Å²) in [6.07, 6.45) is 3.50. The average Bonchev–Trinajstić information content (AvgIpc) is 2.39. The highest BCUT2D eigenvalue weighted by molar-refractivity contribution is 5.83. The van der Waals surface area contributed by atoms with Gasteiger partial charge in [0.15, 0.2) is 0 Å². The Labute approximate surface area is 102 Å². The molecule has 2 heterocycles. The zero-order valence-electron chi connectivity index (χ0n) is 10.4. The number of amides is 1. The normalized spacial score (nSPS) is 22.2. The standard InChI is InChI=1S/C13H19N3O/c1-10-8-15-6-7-16(10)13(17)11(2)12-4-3-5-14-9-12/h3-5,9-11,15H,6-8H2,1-2H3/t10-,11-/m1/s1. The lowest BCUT2D eigenvalue weighted by molar-refractivity contribution is -0.135. The Morgan fingerprint density at radius 3 is 3.12 bits per heavy atom. The molecular weight excluding hydrogens is 214 g/mol. The van der Waals surface area contributed by atoms with Gasteiger partial charge in [0, 0.05) is 38.1 Å². The van der Waals surface area contributed by atoms with E-state index >= 15 is 0 Å². The molecule has 92 valence electrons. The van der Waals surface area contributed by atoms with Crippen molar-refractivity contribution >= 4 is 5.91 Å². The molecule has 4 heteroatoms. The van der Waals surface area contributed by atoms with Crippen LogP contribution in [0.3, 0.4) is 0 Å². The molecule has 0 saturated carbocycles. The van der Waals surface area contributed by atoms with Gasteiger partial charge in [0.2, 0.25) is 5.91 Å². The van der Waals surface area contributed by atoms with Crippen LogP contribution >= 0.6 is 0 Å². The molecule has 0 bridgehead atoms. The van der Waals surface area contributed by atoms with Gasteiger partial charge in [-0.3, -0.25) is 9.78 Å². The zero-order chi connectivity index (χ0) is 12.3. The number of rotatable bonds is 2. The minimum Gasteiger partial charge on any atom is -0.337 e. The van der Waals surface area contributed by atoms with Crippen molar-refractivity contribution in [1.29, 1.82) is 0 Å². The minimum atomic E-state index is -0.107. The average molecular weight is 233 g/mol. The number of piperazine rings is 1. The third-order valence-electron chi connectivity index (χ3n) is 3.34. The maximum absolute atomic E-state index is 12.4. The molecule has 1 N–H and O–H groups in total. The van der Waals surface area contributed by atoms with E-state index in [0.29, 0.717) is 0 Å². The number of aromatic nitrogens is 1. The Morgan fingerprint density at radius 2 is 2.47 bits per heavy atom. The van der Waals surface area contributed by atoms with Crippen LogP contribution in [0.4, 0.5) is 0 Å². The largest absolute Gasteiger partial charge is 0.337 e. The van der Waals surface area contributed by atoms with Gasteiger partial charge in [0.05, 0.1) is 5.92 Å². The summed E-state index contributed by atoms with van der Waals surface area (Å²) in [6, 6.07) is 4.11. The number of hydrogen-bond acceptors (Lipinski definition) is 3. The minimum absolute atomic E-state index is 0.107. The molecule has 17 heavy (non-hydrogen) atoms. The second kappa shape index (κ2) is 5.27. The summed E-state index contributed by atoms with van der Waals surface area (Å²) in [5, 5.41) is 3.29. The monoisotopic (exact) mass is 233 g/mol. The van der Waals surface area contributed by atoms with Gasteiger partial charge in [-0.2, -0.15) is 0 Å². The fourth-order valence-electron chi connectivity index (χ4n) is 2.19. The van der Waals surface area contributed by atoms with Crippen molar-refractivity contribution in [3.8, 4) is 0 Å². The number of nitrogens with zero attached hydrogens (tertiary/aromatic N) is 2. The predicted molar refractivity (Wildman–Crippen MR) is 66.7 cm³/mol. The number of carbonyl (C=O) groups is 1. The van der Waals surface area contributed by atoms with E-state index in [2.05, 4.69) is 17.2 Å². The summed E-state index contributed by atoms with van der Waals surface area (Å²) < 4.78 is 0. The van der Waals surface area contributed by atoms with E-state index in [1.807, 2.05) is 24.0 Å². The number of carbonyl (C=O) groups excluding carboxylic acids is 1. The molecule has 0 unspecified atom stereocenters. The van der Waals surface area contributed by atoms with E-state index in [-0.39, 0.29) is 17.9 Å². The highest BCUT2D eigenvalue weighted by atomic mass is 16.2. The van der Waals surface area contributed by atoms with Gasteiger partial charge in [-0.25, -0.2) is 0 Å². The topological polar surface area (TPSA) is 45.2 Å². The van der Waals surface area contributed by atoms with Crippen LogP contribution in [0.25, 0.3) is 0 Å². The lowest BCUT2D eigenvalue weighted by atomic mass is 10.0. The number of hydrogen-bond donors (Lipinski definition) is 1. The molecule has 4 nitrogen and oxygen atoms in total. The Bertz CT molecular complexity index is 380. The molecule has 1 aromatic heterocycles. The molecule has 0 aliphatic carbocycles. The third kappa shape index (κ3) is 2.64. The summed E-state index contributed by atoms with van der Waals surface area (Å²) in [4.78, 5) is 18.4. The van der Waals surface area contributed by atoms with E-state index in [4.69, 9.17) is 0 Å². The summed E-state index contributed by atoms with van der Waals surface area (Å²) in [5.41, 5.74) is 0.989. The van der Waals surface area contributed by atoms with Gasteiger partial charge in [-0.1, -0.05) is 6.07 Å². The van der Waals surface area contributed by atoms with Gasteiger partial charge in [-0.05, 0) is 25.5 Å². The molecule has 2 atom stereocenters. The third-order valence-corrected chi connectivity index (χ3v) is 3.34. The predicted octanol–water partition coefficient (Wildman–Crippen LogP) is 1.01. The molecule has 2 rings (SSSR count). The second-order valence-corrected chi connectivity index (χ2v) is 4.59. The van der Waals surface area contributed by atoms with E-state index in [1.165, 1.54) is 0 Å². The van der Waals surface area contributed by atoms with Crippen molar-refractivity contribution in [1.82, 2.24) is 15.2 Å². The number of nitrogens with one attached hydrogen (secondary N) is 1. The van der Waals surface area contributed by atoms with Crippen LogP contribution in [0.5, 0.6) is 0 Å². The fraction of sp³-hybridized carbons (Fsp3) is 0.538. The maximum atomic E-state index is 12.4. The molecule has 1 aliphatic rings. The second-order valence-electron chi connectivity index (χ2n) is 4.59. The van der Waals surface area contributed by atoms with Crippen LogP contribution in [-0.4, -0.2) is 41.5 Å². The van der Waals surface area contributed by atoms with E-state index in [0.717, 1.165) is 25.2 Å². The first-order chi connectivity index (χ1) is 8.20. The van der Waals surface area contributed by atoms with E-state index in [1.54, 1.807) is 12.4 Å². The molecule has 1 aliphatic heterocycles. The van der Waals surface area contributed by atoms with Crippen molar-refractivity contribution in [2.24, 2.45) is 0 Å². The van der Waals surface area contributed by atoms with Gasteiger partial charge >= 0.3 is 0 Å². The smallest absolute Gasteiger partial charge is 0.230 e. The Hall–Kier alpha value is -1.42. The first-order valence-electron chi connectivity index (χ1n) is 6.11. The fourth-order valence-corrected chi connectivity index (χ4v) is 2.19. The van der Waals surface area contributed by atoms with Crippen LogP contribution in [0.15, 0.2) is 24.5 Å². The Kier molecular flexibility index (Phi) is 3.74. The van der Waals surface area contributed by atoms with Gasteiger partial charge in [-0.15, -0.1) is 0 Å². The molecule has 1 fully saturated rings. The summed E-state index contributed by atoms with van der Waals surface area (Å²) in [5.74, 6) is 0.0938. The molecule has 0 spiro atoms. The van der Waals surface area contributed by atoms with Crippen LogP contribution in [0, 0.1) is 0 Å². The molecule has 0 radical (unpaired) electrons. The summed E-state index contributed by atoms with van der Waals surface area (Å²) in [6.45, 7) is 6.60.